The largest absolute Gasteiger partial charge is 0.507 e. The molecule has 1 aliphatic rings. The van der Waals surface area contributed by atoms with E-state index in [-0.39, 0.29) is 11.3 Å². The minimum absolute atomic E-state index is 0.0980. The summed E-state index contributed by atoms with van der Waals surface area (Å²) < 4.78 is 0. The van der Waals surface area contributed by atoms with Crippen molar-refractivity contribution in [3.63, 3.8) is 0 Å². The summed E-state index contributed by atoms with van der Waals surface area (Å²) in [5, 5.41) is 14.2. The molecule has 0 bridgehead atoms. The van der Waals surface area contributed by atoms with E-state index >= 15 is 0 Å². The van der Waals surface area contributed by atoms with E-state index in [2.05, 4.69) is 17.5 Å². The lowest BCUT2D eigenvalue weighted by molar-refractivity contribution is 0.0952. The van der Waals surface area contributed by atoms with Crippen molar-refractivity contribution < 1.29 is 9.90 Å². The van der Waals surface area contributed by atoms with Crippen molar-refractivity contribution in [2.45, 2.75) is 32.6 Å². The van der Waals surface area contributed by atoms with Gasteiger partial charge in [0.25, 0.3) is 5.91 Å². The Kier molecular flexibility index (Phi) is 4.43. The van der Waals surface area contributed by atoms with Gasteiger partial charge in [-0.3, -0.25) is 4.79 Å². The van der Waals surface area contributed by atoms with Gasteiger partial charge >= 0.3 is 0 Å². The van der Waals surface area contributed by atoms with Gasteiger partial charge in [0, 0.05) is 10.7 Å². The molecule has 0 heterocycles. The molecule has 102 valence electrons. The lowest BCUT2D eigenvalue weighted by Gasteiger charge is -2.18. The SMILES string of the molecule is CC1CCCC(=NNC(=O)c2cc(Cl)ccc2O)C1. The van der Waals surface area contributed by atoms with Gasteiger partial charge in [-0.05, 0) is 49.8 Å². The molecule has 1 aromatic rings. The van der Waals surface area contributed by atoms with E-state index in [1.165, 1.54) is 24.6 Å². The standard InChI is InChI=1S/C14H17ClN2O2/c1-9-3-2-4-11(7-9)16-17-14(19)12-8-10(15)5-6-13(12)18/h5-6,8-9,18H,2-4,7H2,1H3,(H,17,19). The number of nitrogens with one attached hydrogen (secondary N) is 1. The van der Waals surface area contributed by atoms with Crippen molar-refractivity contribution in [2.75, 3.05) is 0 Å². The average Bonchev–Trinajstić information content (AvgIpc) is 2.39. The van der Waals surface area contributed by atoms with Gasteiger partial charge in [-0.15, -0.1) is 0 Å². The molecule has 1 atom stereocenters. The minimum Gasteiger partial charge on any atom is -0.507 e. The van der Waals surface area contributed by atoms with Crippen LogP contribution in [0.5, 0.6) is 5.75 Å². The van der Waals surface area contributed by atoms with Crippen LogP contribution in [0.15, 0.2) is 23.3 Å². The summed E-state index contributed by atoms with van der Waals surface area (Å²) in [6.07, 6.45) is 4.16. The predicted molar refractivity (Wildman–Crippen MR) is 75.7 cm³/mol. The van der Waals surface area contributed by atoms with E-state index in [4.69, 9.17) is 11.6 Å². The summed E-state index contributed by atoms with van der Waals surface area (Å²) in [5.74, 6) is 0.0776. The summed E-state index contributed by atoms with van der Waals surface area (Å²) in [6.45, 7) is 2.18. The third-order valence-electron chi connectivity index (χ3n) is 3.27. The van der Waals surface area contributed by atoms with Crippen LogP contribution in [-0.4, -0.2) is 16.7 Å². The highest BCUT2D eigenvalue weighted by atomic mass is 35.5. The molecule has 19 heavy (non-hydrogen) atoms. The monoisotopic (exact) mass is 280 g/mol. The van der Waals surface area contributed by atoms with Crippen molar-refractivity contribution in [3.05, 3.63) is 28.8 Å². The highest BCUT2D eigenvalue weighted by Gasteiger charge is 2.15. The summed E-state index contributed by atoms with van der Waals surface area (Å²) in [6, 6.07) is 4.35. The molecule has 1 unspecified atom stereocenters. The van der Waals surface area contributed by atoms with Crippen LogP contribution >= 0.6 is 11.6 Å². The molecule has 0 saturated heterocycles. The molecule has 4 nitrogen and oxygen atoms in total. The molecular weight excluding hydrogens is 264 g/mol. The molecule has 2 N–H and O–H groups in total. The lowest BCUT2D eigenvalue weighted by Crippen LogP contribution is -2.22. The van der Waals surface area contributed by atoms with E-state index < -0.39 is 5.91 Å². The number of hydrogen-bond acceptors (Lipinski definition) is 3. The van der Waals surface area contributed by atoms with Crippen molar-refractivity contribution >= 4 is 23.2 Å². The van der Waals surface area contributed by atoms with Crippen LogP contribution in [0.4, 0.5) is 0 Å². The highest BCUT2D eigenvalue weighted by Crippen LogP contribution is 2.22. The fourth-order valence-electron chi connectivity index (χ4n) is 2.24. The van der Waals surface area contributed by atoms with E-state index in [0.29, 0.717) is 10.9 Å². The van der Waals surface area contributed by atoms with Crippen molar-refractivity contribution in [1.29, 1.82) is 0 Å². The van der Waals surface area contributed by atoms with Gasteiger partial charge in [0.05, 0.1) is 5.56 Å². The summed E-state index contributed by atoms with van der Waals surface area (Å²) in [7, 11) is 0. The molecule has 0 radical (unpaired) electrons. The fraction of sp³-hybridized carbons (Fsp3) is 0.429. The van der Waals surface area contributed by atoms with E-state index in [1.54, 1.807) is 0 Å². The lowest BCUT2D eigenvalue weighted by atomic mass is 9.89. The number of phenolic OH excluding ortho intramolecular Hbond substituents is 1. The third-order valence-corrected chi connectivity index (χ3v) is 3.50. The van der Waals surface area contributed by atoms with Crippen molar-refractivity contribution in [1.82, 2.24) is 5.43 Å². The van der Waals surface area contributed by atoms with Crippen LogP contribution in [0.25, 0.3) is 0 Å². The van der Waals surface area contributed by atoms with Crippen LogP contribution in [0.3, 0.4) is 0 Å². The Bertz CT molecular complexity index is 514. The number of hydrogen-bond donors (Lipinski definition) is 2. The first-order chi connectivity index (χ1) is 9.06. The van der Waals surface area contributed by atoms with E-state index in [9.17, 15) is 9.90 Å². The normalized spacial score (nSPS) is 21.4. The van der Waals surface area contributed by atoms with Crippen molar-refractivity contribution in [2.24, 2.45) is 11.0 Å². The Hall–Kier alpha value is -1.55. The second-order valence-corrected chi connectivity index (χ2v) is 5.42. The number of rotatable bonds is 2. The first-order valence-electron chi connectivity index (χ1n) is 6.40. The van der Waals surface area contributed by atoms with Crippen molar-refractivity contribution in [3.8, 4) is 5.75 Å². The zero-order valence-corrected chi connectivity index (χ0v) is 11.6. The Balaban J connectivity index is 2.05. The maximum absolute atomic E-state index is 11.9. The second-order valence-electron chi connectivity index (χ2n) is 4.98. The summed E-state index contributed by atoms with van der Waals surface area (Å²) in [4.78, 5) is 11.9. The smallest absolute Gasteiger partial charge is 0.275 e. The molecular formula is C14H17ClN2O2. The molecule has 2 rings (SSSR count). The maximum Gasteiger partial charge on any atom is 0.275 e. The van der Waals surface area contributed by atoms with Crippen LogP contribution in [0.1, 0.15) is 43.0 Å². The number of phenols is 1. The quantitative estimate of drug-likeness (QED) is 0.816. The van der Waals surface area contributed by atoms with Gasteiger partial charge in [0.1, 0.15) is 5.75 Å². The van der Waals surface area contributed by atoms with E-state index in [0.717, 1.165) is 25.0 Å². The number of aromatic hydroxyl groups is 1. The first-order valence-corrected chi connectivity index (χ1v) is 6.78. The molecule has 1 saturated carbocycles. The molecule has 1 amide bonds. The van der Waals surface area contributed by atoms with Gasteiger partial charge in [-0.1, -0.05) is 18.5 Å². The van der Waals surface area contributed by atoms with Gasteiger partial charge in [-0.2, -0.15) is 5.10 Å². The number of carbonyl (C=O) groups is 1. The molecule has 0 aliphatic heterocycles. The highest BCUT2D eigenvalue weighted by molar-refractivity contribution is 6.31. The number of hydrazone groups is 1. The van der Waals surface area contributed by atoms with Gasteiger partial charge in [0.15, 0.2) is 0 Å². The first kappa shape index (κ1) is 13.9. The molecule has 0 spiro atoms. The van der Waals surface area contributed by atoms with Crippen LogP contribution in [-0.2, 0) is 0 Å². The van der Waals surface area contributed by atoms with E-state index in [1.807, 2.05) is 0 Å². The Labute approximate surface area is 117 Å². The predicted octanol–water partition coefficient (Wildman–Crippen LogP) is 3.34. The molecule has 0 aromatic heterocycles. The number of amides is 1. The Morgan fingerprint density at radius 3 is 3.05 bits per heavy atom. The zero-order valence-electron chi connectivity index (χ0n) is 10.8. The maximum atomic E-state index is 11.9. The van der Waals surface area contributed by atoms with Gasteiger partial charge in [0.2, 0.25) is 0 Å². The van der Waals surface area contributed by atoms with Gasteiger partial charge < -0.3 is 5.11 Å². The number of nitrogens with zero attached hydrogens (tertiary/aromatic N) is 1. The number of halogens is 1. The third kappa shape index (κ3) is 3.70. The minimum atomic E-state index is -0.439. The zero-order chi connectivity index (χ0) is 13.8. The summed E-state index contributed by atoms with van der Waals surface area (Å²) in [5.41, 5.74) is 3.64. The van der Waals surface area contributed by atoms with Gasteiger partial charge in [-0.25, -0.2) is 5.43 Å². The molecule has 1 aliphatic carbocycles. The number of carbonyl (C=O) groups excluding carboxylic acids is 1. The van der Waals surface area contributed by atoms with Crippen LogP contribution < -0.4 is 5.43 Å². The van der Waals surface area contributed by atoms with Crippen LogP contribution in [0, 0.1) is 5.92 Å². The molecule has 5 heteroatoms. The number of benzene rings is 1. The fourth-order valence-corrected chi connectivity index (χ4v) is 2.41. The second kappa shape index (κ2) is 6.06. The van der Waals surface area contributed by atoms with Crippen LogP contribution in [0.2, 0.25) is 5.02 Å². The Morgan fingerprint density at radius 2 is 2.32 bits per heavy atom. The topological polar surface area (TPSA) is 61.7 Å². The molecule has 1 fully saturated rings. The average molecular weight is 281 g/mol. The Morgan fingerprint density at radius 1 is 1.53 bits per heavy atom. The molecule has 1 aromatic carbocycles. The summed E-state index contributed by atoms with van der Waals surface area (Å²) >= 11 is 5.80.